The van der Waals surface area contributed by atoms with Crippen LogP contribution in [0.15, 0.2) is 0 Å². The van der Waals surface area contributed by atoms with Gasteiger partial charge < -0.3 is 14.4 Å². The van der Waals surface area contributed by atoms with Gasteiger partial charge in [0, 0.05) is 0 Å². The molecule has 0 saturated carbocycles. The second-order valence-electron chi connectivity index (χ2n) is 3.23. The number of hydrogen-bond acceptors (Lipinski definition) is 3. The molecule has 98 valence electrons. The molecule has 0 amide bonds. The maximum Gasteiger partial charge on any atom is 0.440 e. The van der Waals surface area contributed by atoms with Gasteiger partial charge in [-0.05, 0) is 19.6 Å². The number of nitrogens with zero attached hydrogens (tertiary/aromatic N) is 1. The molecule has 6 heteroatoms. The van der Waals surface area contributed by atoms with Gasteiger partial charge in [0.05, 0.1) is 13.2 Å². The first-order chi connectivity index (χ1) is 7.45. The van der Waals surface area contributed by atoms with Crippen LogP contribution in [0.4, 0.5) is 13.2 Å². The van der Waals surface area contributed by atoms with Crippen LogP contribution < -0.4 is 0 Å². The van der Waals surface area contributed by atoms with Crippen molar-refractivity contribution in [3.63, 3.8) is 0 Å². The Morgan fingerprint density at radius 1 is 1.00 bits per heavy atom. The summed E-state index contributed by atoms with van der Waals surface area (Å²) in [6.07, 6.45) is -6.35. The average Bonchev–Trinajstić information content (AvgIpc) is 2.73. The number of halogens is 3. The fraction of sp³-hybridized carbons (Fsp3) is 1.00. The Balaban J connectivity index is 0.000000293. The quantitative estimate of drug-likeness (QED) is 0.759. The minimum atomic E-state index is -4.36. The monoisotopic (exact) mass is 243 g/mol. The highest BCUT2D eigenvalue weighted by molar-refractivity contribution is 4.60. The van der Waals surface area contributed by atoms with Crippen LogP contribution in [0.25, 0.3) is 0 Å². The van der Waals surface area contributed by atoms with Crippen molar-refractivity contribution < 1.29 is 22.6 Å². The first kappa shape index (κ1) is 15.7. The minimum Gasteiger partial charge on any atom is -0.343 e. The minimum absolute atomic E-state index is 0.0319. The van der Waals surface area contributed by atoms with E-state index < -0.39 is 12.5 Å². The molecule has 0 aromatic rings. The van der Waals surface area contributed by atoms with E-state index in [1.807, 2.05) is 0 Å². The van der Waals surface area contributed by atoms with E-state index in [1.54, 1.807) is 0 Å². The van der Waals surface area contributed by atoms with Gasteiger partial charge in [-0.2, -0.15) is 13.2 Å². The third-order valence-corrected chi connectivity index (χ3v) is 2.23. The molecular weight excluding hydrogens is 223 g/mol. The molecule has 1 heterocycles. The molecule has 1 aliphatic heterocycles. The van der Waals surface area contributed by atoms with E-state index in [2.05, 4.69) is 35.1 Å². The van der Waals surface area contributed by atoms with Gasteiger partial charge in [0.2, 0.25) is 0 Å². The molecule has 0 N–H and O–H groups in total. The molecule has 1 rings (SSSR count). The Labute approximate surface area is 94.5 Å². The summed E-state index contributed by atoms with van der Waals surface area (Å²) in [5, 5.41) is 0. The molecule has 1 fully saturated rings. The van der Waals surface area contributed by atoms with Crippen LogP contribution in [0.2, 0.25) is 0 Å². The highest BCUT2D eigenvalue weighted by atomic mass is 19.4. The number of alkyl halides is 3. The number of rotatable bonds is 3. The predicted octanol–water partition coefficient (Wildman–Crippen LogP) is 2.27. The lowest BCUT2D eigenvalue weighted by molar-refractivity contribution is -0.272. The molecule has 0 spiro atoms. The lowest BCUT2D eigenvalue weighted by Crippen LogP contribution is -2.29. The molecule has 1 aliphatic rings. The maximum atomic E-state index is 11.5. The third kappa shape index (κ3) is 6.30. The standard InChI is InChI=1S/C6H15N.C4H5F3O2/c1-4-7(5-2)6-3;5-4(6,7)3-8-1-2-9-3/h4-6H2,1-3H3;3H,1-2H2. The van der Waals surface area contributed by atoms with Crippen LogP contribution in [0, 0.1) is 0 Å². The first-order valence-corrected chi connectivity index (χ1v) is 5.47. The predicted molar refractivity (Wildman–Crippen MR) is 55.2 cm³/mol. The molecule has 0 aliphatic carbocycles. The van der Waals surface area contributed by atoms with Gasteiger partial charge >= 0.3 is 6.18 Å². The van der Waals surface area contributed by atoms with Crippen LogP contribution in [-0.4, -0.2) is 50.2 Å². The zero-order chi connectivity index (χ0) is 12.6. The molecular formula is C10H20F3NO2. The van der Waals surface area contributed by atoms with Gasteiger partial charge in [0.15, 0.2) is 0 Å². The number of ether oxygens (including phenoxy) is 2. The Morgan fingerprint density at radius 2 is 1.38 bits per heavy atom. The largest absolute Gasteiger partial charge is 0.440 e. The van der Waals surface area contributed by atoms with Crippen molar-refractivity contribution >= 4 is 0 Å². The fourth-order valence-electron chi connectivity index (χ4n) is 1.22. The topological polar surface area (TPSA) is 21.7 Å². The molecule has 0 aromatic carbocycles. The van der Waals surface area contributed by atoms with Crippen LogP contribution in [-0.2, 0) is 9.47 Å². The van der Waals surface area contributed by atoms with Crippen molar-refractivity contribution in [2.24, 2.45) is 0 Å². The van der Waals surface area contributed by atoms with Gasteiger partial charge in [-0.15, -0.1) is 0 Å². The zero-order valence-electron chi connectivity index (χ0n) is 10.0. The second kappa shape index (κ2) is 7.86. The van der Waals surface area contributed by atoms with Crippen molar-refractivity contribution in [1.29, 1.82) is 0 Å². The molecule has 1 saturated heterocycles. The van der Waals surface area contributed by atoms with E-state index in [9.17, 15) is 13.2 Å². The van der Waals surface area contributed by atoms with Crippen molar-refractivity contribution in [3.05, 3.63) is 0 Å². The first-order valence-electron chi connectivity index (χ1n) is 5.47. The summed E-state index contributed by atoms with van der Waals surface area (Å²) >= 11 is 0. The summed E-state index contributed by atoms with van der Waals surface area (Å²) in [5.41, 5.74) is 0. The van der Waals surface area contributed by atoms with Crippen LogP contribution in [0.3, 0.4) is 0 Å². The van der Waals surface area contributed by atoms with Gasteiger partial charge in [0.1, 0.15) is 0 Å². The summed E-state index contributed by atoms with van der Waals surface area (Å²) in [4.78, 5) is 2.38. The summed E-state index contributed by atoms with van der Waals surface area (Å²) in [6.45, 7) is 10.2. The molecule has 0 bridgehead atoms. The van der Waals surface area contributed by atoms with E-state index in [0.29, 0.717) is 0 Å². The Bertz CT molecular complexity index is 160. The van der Waals surface area contributed by atoms with Crippen molar-refractivity contribution in [1.82, 2.24) is 4.90 Å². The van der Waals surface area contributed by atoms with Crippen LogP contribution in [0.5, 0.6) is 0 Å². The Hall–Kier alpha value is -0.330. The average molecular weight is 243 g/mol. The second-order valence-corrected chi connectivity index (χ2v) is 3.23. The van der Waals surface area contributed by atoms with Crippen molar-refractivity contribution in [2.45, 2.75) is 33.2 Å². The van der Waals surface area contributed by atoms with E-state index in [4.69, 9.17) is 0 Å². The summed E-state index contributed by atoms with van der Waals surface area (Å²) in [5.74, 6) is 0. The van der Waals surface area contributed by atoms with E-state index in [1.165, 1.54) is 19.6 Å². The van der Waals surface area contributed by atoms with Gasteiger partial charge in [0.25, 0.3) is 6.29 Å². The molecule has 16 heavy (non-hydrogen) atoms. The van der Waals surface area contributed by atoms with Crippen molar-refractivity contribution in [3.8, 4) is 0 Å². The maximum absolute atomic E-state index is 11.5. The van der Waals surface area contributed by atoms with E-state index in [-0.39, 0.29) is 13.2 Å². The lowest BCUT2D eigenvalue weighted by Gasteiger charge is -2.13. The van der Waals surface area contributed by atoms with E-state index >= 15 is 0 Å². The summed E-state index contributed by atoms with van der Waals surface area (Å²) in [6, 6.07) is 0. The highest BCUT2D eigenvalue weighted by Crippen LogP contribution is 2.25. The van der Waals surface area contributed by atoms with E-state index in [0.717, 1.165) is 0 Å². The third-order valence-electron chi connectivity index (χ3n) is 2.23. The molecule has 0 atom stereocenters. The summed E-state index contributed by atoms with van der Waals surface area (Å²) < 4.78 is 42.9. The van der Waals surface area contributed by atoms with Crippen LogP contribution >= 0.6 is 0 Å². The van der Waals surface area contributed by atoms with Gasteiger partial charge in [-0.1, -0.05) is 20.8 Å². The lowest BCUT2D eigenvalue weighted by atomic mass is 10.5. The Kier molecular flexibility index (Phi) is 7.70. The molecule has 3 nitrogen and oxygen atoms in total. The Morgan fingerprint density at radius 3 is 1.50 bits per heavy atom. The van der Waals surface area contributed by atoms with Gasteiger partial charge in [-0.3, -0.25) is 0 Å². The normalized spacial score (nSPS) is 17.4. The highest BCUT2D eigenvalue weighted by Gasteiger charge is 2.44. The van der Waals surface area contributed by atoms with Crippen LogP contribution in [0.1, 0.15) is 20.8 Å². The molecule has 0 radical (unpaired) electrons. The fourth-order valence-corrected chi connectivity index (χ4v) is 1.22. The SMILES string of the molecule is CCN(CC)CC.FC(F)(F)C1OCCO1. The van der Waals surface area contributed by atoms with Crippen molar-refractivity contribution in [2.75, 3.05) is 32.8 Å². The van der Waals surface area contributed by atoms with Gasteiger partial charge in [-0.25, -0.2) is 0 Å². The molecule has 0 aromatic heterocycles. The smallest absolute Gasteiger partial charge is 0.343 e. The zero-order valence-corrected chi connectivity index (χ0v) is 10.0. The number of hydrogen-bond donors (Lipinski definition) is 0. The summed E-state index contributed by atoms with van der Waals surface area (Å²) in [7, 11) is 0. The molecule has 0 unspecified atom stereocenters.